The van der Waals surface area contributed by atoms with Gasteiger partial charge in [0, 0.05) is 6.07 Å². The lowest BCUT2D eigenvalue weighted by Gasteiger charge is -2.09. The Morgan fingerprint density at radius 3 is 3.09 bits per heavy atom. The number of hydrogen-bond donors (Lipinski definition) is 1. The third-order valence-electron chi connectivity index (χ3n) is 1.04. The van der Waals surface area contributed by atoms with Gasteiger partial charge in [-0.2, -0.15) is 5.01 Å². The molecule has 60 valence electrons. The van der Waals surface area contributed by atoms with Crippen molar-refractivity contribution in [3.63, 3.8) is 0 Å². The number of nitrogens with two attached hydrogens (primary N) is 1. The largest absolute Gasteiger partial charge is 0.451 e. The zero-order chi connectivity index (χ0) is 8.27. The van der Waals surface area contributed by atoms with E-state index in [4.69, 9.17) is 5.84 Å². The summed E-state index contributed by atoms with van der Waals surface area (Å²) in [6, 6.07) is 1.44. The van der Waals surface area contributed by atoms with E-state index in [0.717, 1.165) is 5.01 Å². The van der Waals surface area contributed by atoms with Crippen molar-refractivity contribution in [1.29, 1.82) is 0 Å². The van der Waals surface area contributed by atoms with Crippen LogP contribution in [0.5, 0.6) is 0 Å². The Kier molecular flexibility index (Phi) is 2.07. The summed E-state index contributed by atoms with van der Waals surface area (Å²) in [5, 5.41) is 4.15. The molecule has 0 radical (unpaired) electrons. The molecule has 6 nitrogen and oxygen atoms in total. The molecule has 2 N–H and O–H groups in total. The van der Waals surface area contributed by atoms with Gasteiger partial charge in [-0.05, 0) is 0 Å². The van der Waals surface area contributed by atoms with Crippen LogP contribution in [0.3, 0.4) is 0 Å². The van der Waals surface area contributed by atoms with Crippen LogP contribution < -0.4 is 10.9 Å². The molecule has 11 heavy (non-hydrogen) atoms. The summed E-state index contributed by atoms with van der Waals surface area (Å²) in [5.41, 5.74) is 0. The molecule has 0 bridgehead atoms. The standard InChI is InChI=1S/C5H7N3O3/c1-10-5(9)8(6)4-2-3-11-7-4/h2-3H,6H2,1H3. The topological polar surface area (TPSA) is 81.6 Å². The molecule has 0 saturated carbocycles. The second-order valence-electron chi connectivity index (χ2n) is 1.70. The Balaban J connectivity index is 2.70. The van der Waals surface area contributed by atoms with E-state index >= 15 is 0 Å². The van der Waals surface area contributed by atoms with Gasteiger partial charge in [-0.15, -0.1) is 0 Å². The predicted octanol–water partition coefficient (Wildman–Crippen LogP) is 0.121. The van der Waals surface area contributed by atoms with Crippen LogP contribution in [0.15, 0.2) is 16.9 Å². The van der Waals surface area contributed by atoms with Crippen LogP contribution in [0.25, 0.3) is 0 Å². The number of aromatic nitrogens is 1. The van der Waals surface area contributed by atoms with Crippen LogP contribution in [-0.4, -0.2) is 18.4 Å². The molecule has 1 amide bonds. The van der Waals surface area contributed by atoms with E-state index < -0.39 is 6.09 Å². The highest BCUT2D eigenvalue weighted by Crippen LogP contribution is 2.05. The minimum Gasteiger partial charge on any atom is -0.451 e. The van der Waals surface area contributed by atoms with Crippen LogP contribution in [0.2, 0.25) is 0 Å². The molecule has 1 aromatic rings. The van der Waals surface area contributed by atoms with E-state index in [2.05, 4.69) is 14.4 Å². The van der Waals surface area contributed by atoms with Crippen molar-refractivity contribution >= 4 is 11.9 Å². The number of nitrogens with zero attached hydrogens (tertiary/aromatic N) is 2. The van der Waals surface area contributed by atoms with Gasteiger partial charge < -0.3 is 9.26 Å². The number of hydrogen-bond acceptors (Lipinski definition) is 5. The third-order valence-corrected chi connectivity index (χ3v) is 1.04. The minimum atomic E-state index is -0.695. The van der Waals surface area contributed by atoms with E-state index in [1.165, 1.54) is 19.4 Å². The van der Waals surface area contributed by atoms with Gasteiger partial charge in [0.2, 0.25) is 0 Å². The van der Waals surface area contributed by atoms with Gasteiger partial charge in [0.25, 0.3) is 0 Å². The second kappa shape index (κ2) is 3.02. The fourth-order valence-corrected chi connectivity index (χ4v) is 0.522. The van der Waals surface area contributed by atoms with Crippen molar-refractivity contribution in [2.45, 2.75) is 0 Å². The Morgan fingerprint density at radius 2 is 2.64 bits per heavy atom. The molecule has 1 aromatic heterocycles. The van der Waals surface area contributed by atoms with E-state index in [0.29, 0.717) is 0 Å². The van der Waals surface area contributed by atoms with Crippen LogP contribution in [0.1, 0.15) is 0 Å². The molecule has 0 atom stereocenters. The molecular formula is C5H7N3O3. The number of anilines is 1. The fraction of sp³-hybridized carbons (Fsp3) is 0.200. The summed E-state index contributed by atoms with van der Waals surface area (Å²) in [5.74, 6) is 5.44. The first kappa shape index (κ1) is 7.55. The zero-order valence-electron chi connectivity index (χ0n) is 5.85. The van der Waals surface area contributed by atoms with Crippen molar-refractivity contribution in [2.75, 3.05) is 12.1 Å². The number of amides is 1. The highest BCUT2D eigenvalue weighted by molar-refractivity contribution is 5.84. The van der Waals surface area contributed by atoms with Gasteiger partial charge in [0.15, 0.2) is 5.82 Å². The summed E-state index contributed by atoms with van der Waals surface area (Å²) in [4.78, 5) is 10.7. The van der Waals surface area contributed by atoms with Gasteiger partial charge in [0.05, 0.1) is 7.11 Å². The number of carbonyl (C=O) groups excluding carboxylic acids is 1. The summed E-state index contributed by atoms with van der Waals surface area (Å²) in [7, 11) is 1.22. The van der Waals surface area contributed by atoms with Gasteiger partial charge in [0.1, 0.15) is 6.26 Å². The highest BCUT2D eigenvalue weighted by Gasteiger charge is 2.13. The molecule has 0 aliphatic carbocycles. The predicted molar refractivity (Wildman–Crippen MR) is 35.6 cm³/mol. The van der Waals surface area contributed by atoms with E-state index in [1.807, 2.05) is 0 Å². The summed E-state index contributed by atoms with van der Waals surface area (Å²) in [6.07, 6.45) is 0.608. The van der Waals surface area contributed by atoms with Crippen molar-refractivity contribution in [3.05, 3.63) is 12.3 Å². The van der Waals surface area contributed by atoms with E-state index in [-0.39, 0.29) is 5.82 Å². The average Bonchev–Trinajstić information content (AvgIpc) is 2.53. The molecule has 0 saturated heterocycles. The number of methoxy groups -OCH3 is 1. The molecule has 1 rings (SSSR count). The maximum Gasteiger partial charge on any atom is 0.430 e. The Labute approximate surface area is 62.5 Å². The van der Waals surface area contributed by atoms with Crippen molar-refractivity contribution < 1.29 is 14.1 Å². The second-order valence-corrected chi connectivity index (χ2v) is 1.70. The summed E-state index contributed by atoms with van der Waals surface area (Å²) < 4.78 is 8.77. The first-order valence-corrected chi connectivity index (χ1v) is 2.79. The molecule has 0 aliphatic rings. The average molecular weight is 157 g/mol. The Morgan fingerprint density at radius 1 is 1.91 bits per heavy atom. The molecule has 0 fully saturated rings. The van der Waals surface area contributed by atoms with Gasteiger partial charge in [-0.1, -0.05) is 5.16 Å². The lowest BCUT2D eigenvalue weighted by molar-refractivity contribution is 0.178. The monoisotopic (exact) mass is 157 g/mol. The smallest absolute Gasteiger partial charge is 0.430 e. The third kappa shape index (κ3) is 1.47. The minimum absolute atomic E-state index is 0.205. The van der Waals surface area contributed by atoms with Crippen molar-refractivity contribution in [1.82, 2.24) is 5.16 Å². The lowest BCUT2D eigenvalue weighted by Crippen LogP contribution is -2.37. The molecular weight excluding hydrogens is 150 g/mol. The van der Waals surface area contributed by atoms with E-state index in [9.17, 15) is 4.79 Å². The normalized spacial score (nSPS) is 9.27. The summed E-state index contributed by atoms with van der Waals surface area (Å²) >= 11 is 0. The first-order valence-electron chi connectivity index (χ1n) is 2.79. The quantitative estimate of drug-likeness (QED) is 0.355. The lowest BCUT2D eigenvalue weighted by atomic mass is 10.6. The molecule has 0 unspecified atom stereocenters. The van der Waals surface area contributed by atoms with Crippen molar-refractivity contribution in [3.8, 4) is 0 Å². The molecule has 6 heteroatoms. The SMILES string of the molecule is COC(=O)N(N)c1ccon1. The highest BCUT2D eigenvalue weighted by atomic mass is 16.5. The molecule has 0 spiro atoms. The number of hydrazine groups is 1. The first-order chi connectivity index (χ1) is 5.25. The fourth-order valence-electron chi connectivity index (χ4n) is 0.522. The van der Waals surface area contributed by atoms with Crippen LogP contribution >= 0.6 is 0 Å². The van der Waals surface area contributed by atoms with Gasteiger partial charge >= 0.3 is 6.09 Å². The number of ether oxygens (including phenoxy) is 1. The van der Waals surface area contributed by atoms with Gasteiger partial charge in [-0.3, -0.25) is 0 Å². The molecule has 0 aromatic carbocycles. The van der Waals surface area contributed by atoms with Gasteiger partial charge in [-0.25, -0.2) is 10.6 Å². The van der Waals surface area contributed by atoms with Crippen LogP contribution in [0, 0.1) is 0 Å². The summed E-state index contributed by atoms with van der Waals surface area (Å²) in [6.45, 7) is 0. The van der Waals surface area contributed by atoms with Crippen LogP contribution in [0.4, 0.5) is 10.6 Å². The van der Waals surface area contributed by atoms with Crippen molar-refractivity contribution in [2.24, 2.45) is 5.84 Å². The zero-order valence-corrected chi connectivity index (χ0v) is 5.85. The molecule has 0 aliphatic heterocycles. The molecule has 1 heterocycles. The number of carbonyl (C=O) groups is 1. The Bertz CT molecular complexity index is 233. The van der Waals surface area contributed by atoms with E-state index in [1.54, 1.807) is 0 Å². The van der Waals surface area contributed by atoms with Crippen LogP contribution in [-0.2, 0) is 4.74 Å². The number of rotatable bonds is 1. The maximum absolute atomic E-state index is 10.7. The Hall–Kier alpha value is -1.56. The maximum atomic E-state index is 10.7.